The summed E-state index contributed by atoms with van der Waals surface area (Å²) in [5.74, 6) is 0. The van der Waals surface area contributed by atoms with Crippen LogP contribution in [0.3, 0.4) is 0 Å². The second-order valence-electron chi connectivity index (χ2n) is 8.82. The fourth-order valence-corrected chi connectivity index (χ4v) is 5.18. The fourth-order valence-electron chi connectivity index (χ4n) is 5.18. The highest BCUT2D eigenvalue weighted by atomic mass is 15.3. The van der Waals surface area contributed by atoms with Crippen molar-refractivity contribution in [2.75, 3.05) is 31.1 Å². The van der Waals surface area contributed by atoms with Gasteiger partial charge < -0.3 is 4.90 Å². The van der Waals surface area contributed by atoms with Crippen LogP contribution in [-0.4, -0.2) is 45.8 Å². The molecule has 3 heterocycles. The van der Waals surface area contributed by atoms with Gasteiger partial charge in [0.05, 0.1) is 28.6 Å². The van der Waals surface area contributed by atoms with Crippen LogP contribution in [0.15, 0.2) is 73.1 Å². The second kappa shape index (κ2) is 9.75. The minimum Gasteiger partial charge on any atom is -0.368 e. The van der Waals surface area contributed by atoms with Gasteiger partial charge in [0.15, 0.2) is 0 Å². The van der Waals surface area contributed by atoms with Crippen molar-refractivity contribution in [3.63, 3.8) is 0 Å². The summed E-state index contributed by atoms with van der Waals surface area (Å²) < 4.78 is 2.00. The van der Waals surface area contributed by atoms with E-state index in [2.05, 4.69) is 78.4 Å². The average molecular weight is 440 g/mol. The molecule has 1 unspecified atom stereocenters. The van der Waals surface area contributed by atoms with E-state index in [1.165, 1.54) is 16.6 Å². The summed E-state index contributed by atoms with van der Waals surface area (Å²) in [5, 5.41) is 6.18. The maximum atomic E-state index is 4.95. The molecule has 4 aromatic rings. The maximum absolute atomic E-state index is 4.95. The van der Waals surface area contributed by atoms with Crippen LogP contribution in [0.2, 0.25) is 0 Å². The molecule has 33 heavy (non-hydrogen) atoms. The van der Waals surface area contributed by atoms with Gasteiger partial charge in [-0.3, -0.25) is 9.88 Å². The first-order valence-electron chi connectivity index (χ1n) is 12.2. The molecule has 0 radical (unpaired) electrons. The van der Waals surface area contributed by atoms with Crippen molar-refractivity contribution in [2.24, 2.45) is 0 Å². The van der Waals surface area contributed by atoms with Gasteiger partial charge in [-0.2, -0.15) is 5.10 Å². The molecule has 1 aliphatic heterocycles. The highest BCUT2D eigenvalue weighted by Crippen LogP contribution is 2.32. The van der Waals surface area contributed by atoms with E-state index in [9.17, 15) is 0 Å². The van der Waals surface area contributed by atoms with Gasteiger partial charge in [0.2, 0.25) is 0 Å². The first-order chi connectivity index (χ1) is 16.3. The minimum absolute atomic E-state index is 0.339. The Balaban J connectivity index is 1.37. The van der Waals surface area contributed by atoms with Gasteiger partial charge in [-0.1, -0.05) is 50.2 Å². The van der Waals surface area contributed by atoms with Crippen molar-refractivity contribution in [1.29, 1.82) is 0 Å². The van der Waals surface area contributed by atoms with Gasteiger partial charge in [-0.05, 0) is 49.1 Å². The van der Waals surface area contributed by atoms with Crippen molar-refractivity contribution < 1.29 is 0 Å². The standard InChI is InChI=1S/C28H33N5/c1-3-22-13-14-23-10-8-16-29-27(23)28(22)32-18-9-17-31(20-21-32)26(4-2)25-15-19-33(30-25)24-11-6-5-7-12-24/h5-8,10-16,19,26H,3-4,9,17-18,20-21H2,1-2H3. The summed E-state index contributed by atoms with van der Waals surface area (Å²) in [6, 6.07) is 21.6. The molecule has 5 rings (SSSR count). The average Bonchev–Trinajstić information content (AvgIpc) is 3.23. The van der Waals surface area contributed by atoms with Crippen molar-refractivity contribution in [3.05, 3.63) is 84.3 Å². The minimum atomic E-state index is 0.339. The molecule has 0 aliphatic carbocycles. The predicted molar refractivity (Wildman–Crippen MR) is 136 cm³/mol. The van der Waals surface area contributed by atoms with Crippen LogP contribution in [-0.2, 0) is 6.42 Å². The van der Waals surface area contributed by atoms with Crippen molar-refractivity contribution >= 4 is 16.6 Å². The smallest absolute Gasteiger partial charge is 0.0938 e. The topological polar surface area (TPSA) is 37.2 Å². The van der Waals surface area contributed by atoms with E-state index in [0.717, 1.165) is 62.3 Å². The number of hydrogen-bond donors (Lipinski definition) is 0. The summed E-state index contributed by atoms with van der Waals surface area (Å²) in [6.07, 6.45) is 7.24. The highest BCUT2D eigenvalue weighted by molar-refractivity contribution is 5.92. The van der Waals surface area contributed by atoms with Crippen LogP contribution in [0.5, 0.6) is 0 Å². The summed E-state index contributed by atoms with van der Waals surface area (Å²) in [4.78, 5) is 9.98. The molecular formula is C28H33N5. The lowest BCUT2D eigenvalue weighted by atomic mass is 10.0. The first-order valence-corrected chi connectivity index (χ1v) is 12.2. The molecular weight excluding hydrogens is 406 g/mol. The lowest BCUT2D eigenvalue weighted by Crippen LogP contribution is -2.34. The van der Waals surface area contributed by atoms with E-state index in [1.54, 1.807) is 0 Å². The number of pyridine rings is 1. The van der Waals surface area contributed by atoms with Crippen LogP contribution in [0.4, 0.5) is 5.69 Å². The number of para-hydroxylation sites is 1. The molecule has 1 atom stereocenters. The SMILES string of the molecule is CCc1ccc2cccnc2c1N1CCCN(C(CC)c2ccn(-c3ccccc3)n2)CC1. The Kier molecular flexibility index (Phi) is 6.40. The number of nitrogens with zero attached hydrogens (tertiary/aromatic N) is 5. The van der Waals surface area contributed by atoms with E-state index in [0.29, 0.717) is 6.04 Å². The summed E-state index contributed by atoms with van der Waals surface area (Å²) >= 11 is 0. The molecule has 0 amide bonds. The van der Waals surface area contributed by atoms with Gasteiger partial charge in [-0.25, -0.2) is 4.68 Å². The Morgan fingerprint density at radius 3 is 2.58 bits per heavy atom. The number of hydrogen-bond acceptors (Lipinski definition) is 4. The van der Waals surface area contributed by atoms with E-state index < -0.39 is 0 Å². The summed E-state index contributed by atoms with van der Waals surface area (Å²) in [7, 11) is 0. The number of rotatable bonds is 6. The number of fused-ring (bicyclic) bond motifs is 1. The predicted octanol–water partition coefficient (Wildman–Crippen LogP) is 5.65. The van der Waals surface area contributed by atoms with Crippen LogP contribution in [0.1, 0.15) is 44.0 Å². The molecule has 1 fully saturated rings. The molecule has 0 bridgehead atoms. The largest absolute Gasteiger partial charge is 0.368 e. The zero-order chi connectivity index (χ0) is 22.6. The third kappa shape index (κ3) is 4.38. The molecule has 0 N–H and O–H groups in total. The lowest BCUT2D eigenvalue weighted by Gasteiger charge is -2.30. The van der Waals surface area contributed by atoms with Gasteiger partial charge in [0.1, 0.15) is 0 Å². The Bertz CT molecular complexity index is 1200. The van der Waals surface area contributed by atoms with Gasteiger partial charge >= 0.3 is 0 Å². The number of benzene rings is 2. The van der Waals surface area contributed by atoms with Crippen molar-refractivity contribution in [2.45, 2.75) is 39.2 Å². The second-order valence-corrected chi connectivity index (χ2v) is 8.82. The molecule has 1 saturated heterocycles. The van der Waals surface area contributed by atoms with Gasteiger partial charge in [0.25, 0.3) is 0 Å². The van der Waals surface area contributed by atoms with Crippen LogP contribution >= 0.6 is 0 Å². The van der Waals surface area contributed by atoms with E-state index in [-0.39, 0.29) is 0 Å². The Morgan fingerprint density at radius 2 is 1.76 bits per heavy atom. The van der Waals surface area contributed by atoms with E-state index >= 15 is 0 Å². The maximum Gasteiger partial charge on any atom is 0.0938 e. The van der Waals surface area contributed by atoms with Crippen molar-refractivity contribution in [3.8, 4) is 5.69 Å². The Morgan fingerprint density at radius 1 is 0.879 bits per heavy atom. The molecule has 0 saturated carbocycles. The third-order valence-corrected chi connectivity index (χ3v) is 6.86. The number of anilines is 1. The number of aryl methyl sites for hydroxylation is 1. The van der Waals surface area contributed by atoms with Gasteiger partial charge in [-0.15, -0.1) is 0 Å². The number of aromatic nitrogens is 3. The molecule has 2 aromatic carbocycles. The monoisotopic (exact) mass is 439 g/mol. The third-order valence-electron chi connectivity index (χ3n) is 6.86. The molecule has 1 aliphatic rings. The summed E-state index contributed by atoms with van der Waals surface area (Å²) in [5.41, 5.74) is 6.13. The van der Waals surface area contributed by atoms with Crippen LogP contribution in [0.25, 0.3) is 16.6 Å². The fraction of sp³-hybridized carbons (Fsp3) is 0.357. The first kappa shape index (κ1) is 21.7. The molecule has 5 heteroatoms. The van der Waals surface area contributed by atoms with Crippen molar-refractivity contribution in [1.82, 2.24) is 19.7 Å². The molecule has 5 nitrogen and oxygen atoms in total. The van der Waals surface area contributed by atoms with Crippen LogP contribution < -0.4 is 4.90 Å². The van der Waals surface area contributed by atoms with E-state index in [1.807, 2.05) is 23.0 Å². The zero-order valence-electron chi connectivity index (χ0n) is 19.7. The Hall–Kier alpha value is -3.18. The molecule has 0 spiro atoms. The molecule has 2 aromatic heterocycles. The molecule has 170 valence electrons. The summed E-state index contributed by atoms with van der Waals surface area (Å²) in [6.45, 7) is 8.72. The van der Waals surface area contributed by atoms with Gasteiger partial charge in [0, 0.05) is 44.0 Å². The lowest BCUT2D eigenvalue weighted by molar-refractivity contribution is 0.201. The van der Waals surface area contributed by atoms with Crippen LogP contribution in [0, 0.1) is 0 Å². The van der Waals surface area contributed by atoms with E-state index in [4.69, 9.17) is 10.1 Å². The quantitative estimate of drug-likeness (QED) is 0.389. The highest BCUT2D eigenvalue weighted by Gasteiger charge is 2.25. The zero-order valence-corrected chi connectivity index (χ0v) is 19.7. The normalized spacial score (nSPS) is 16.1. The Labute approximate surface area is 196 Å².